The van der Waals surface area contributed by atoms with Crippen molar-refractivity contribution in [3.05, 3.63) is 41.0 Å². The summed E-state index contributed by atoms with van der Waals surface area (Å²) in [5, 5.41) is 6.20. The van der Waals surface area contributed by atoms with Crippen LogP contribution in [-0.2, 0) is 11.3 Å². The van der Waals surface area contributed by atoms with Crippen LogP contribution in [0.2, 0.25) is 0 Å². The zero-order valence-electron chi connectivity index (χ0n) is 12.1. The molecule has 0 saturated carbocycles. The normalized spacial score (nSPS) is 17.9. The number of carbonyl (C=O) groups excluding carboxylic acids is 1. The molecule has 1 aromatic heterocycles. The SMILES string of the molecule is Cc1ncsc1-c1ccc(CNC(=O)C2CCCN2)cc1. The first-order valence-electron chi connectivity index (χ1n) is 7.24. The maximum Gasteiger partial charge on any atom is 0.237 e. The summed E-state index contributed by atoms with van der Waals surface area (Å²) in [6.45, 7) is 3.55. The molecule has 110 valence electrons. The lowest BCUT2D eigenvalue weighted by molar-refractivity contribution is -0.122. The van der Waals surface area contributed by atoms with E-state index in [4.69, 9.17) is 0 Å². The third-order valence-electron chi connectivity index (χ3n) is 3.81. The lowest BCUT2D eigenvalue weighted by Gasteiger charge is -2.11. The average Bonchev–Trinajstić information content (AvgIpc) is 3.17. The van der Waals surface area contributed by atoms with Crippen molar-refractivity contribution in [2.45, 2.75) is 32.4 Å². The van der Waals surface area contributed by atoms with E-state index in [1.807, 2.05) is 12.4 Å². The molecule has 1 atom stereocenters. The minimum atomic E-state index is -0.0101. The van der Waals surface area contributed by atoms with Crippen LogP contribution in [0.15, 0.2) is 29.8 Å². The Morgan fingerprint density at radius 3 is 2.86 bits per heavy atom. The predicted molar refractivity (Wildman–Crippen MR) is 85.2 cm³/mol. The second-order valence-electron chi connectivity index (χ2n) is 5.33. The van der Waals surface area contributed by atoms with Crippen molar-refractivity contribution in [3.8, 4) is 10.4 Å². The molecule has 2 N–H and O–H groups in total. The Balaban J connectivity index is 1.60. The van der Waals surface area contributed by atoms with Gasteiger partial charge in [-0.05, 0) is 37.4 Å². The van der Waals surface area contributed by atoms with Crippen molar-refractivity contribution in [1.29, 1.82) is 0 Å². The van der Waals surface area contributed by atoms with Crippen molar-refractivity contribution < 1.29 is 4.79 Å². The lowest BCUT2D eigenvalue weighted by atomic mass is 10.1. The largest absolute Gasteiger partial charge is 0.351 e. The van der Waals surface area contributed by atoms with Gasteiger partial charge in [0.25, 0.3) is 0 Å². The molecule has 2 heterocycles. The van der Waals surface area contributed by atoms with E-state index in [1.54, 1.807) is 11.3 Å². The van der Waals surface area contributed by atoms with Gasteiger partial charge in [-0.2, -0.15) is 0 Å². The number of amides is 1. The molecule has 1 saturated heterocycles. The summed E-state index contributed by atoms with van der Waals surface area (Å²) in [5.74, 6) is 0.106. The van der Waals surface area contributed by atoms with Crippen LogP contribution in [0.5, 0.6) is 0 Å². The van der Waals surface area contributed by atoms with Crippen LogP contribution in [-0.4, -0.2) is 23.5 Å². The molecule has 0 bridgehead atoms. The van der Waals surface area contributed by atoms with Gasteiger partial charge in [-0.1, -0.05) is 24.3 Å². The topological polar surface area (TPSA) is 54.0 Å². The standard InChI is InChI=1S/C16H19N3OS/c1-11-15(21-10-19-11)13-6-4-12(5-7-13)9-18-16(20)14-3-2-8-17-14/h4-7,10,14,17H,2-3,8-9H2,1H3,(H,18,20). The van der Waals surface area contributed by atoms with Crippen LogP contribution in [0.3, 0.4) is 0 Å². The molecule has 3 rings (SSSR count). The zero-order chi connectivity index (χ0) is 14.7. The minimum absolute atomic E-state index is 0.0101. The Kier molecular flexibility index (Phi) is 4.31. The van der Waals surface area contributed by atoms with E-state index >= 15 is 0 Å². The van der Waals surface area contributed by atoms with E-state index < -0.39 is 0 Å². The molecule has 2 aromatic rings. The number of carbonyl (C=O) groups is 1. The summed E-state index contributed by atoms with van der Waals surface area (Å²) >= 11 is 1.65. The predicted octanol–water partition coefficient (Wildman–Crippen LogP) is 2.49. The number of nitrogens with zero attached hydrogens (tertiary/aromatic N) is 1. The number of thiazole rings is 1. The molecule has 1 aromatic carbocycles. The molecule has 0 aliphatic carbocycles. The molecule has 1 aliphatic heterocycles. The zero-order valence-corrected chi connectivity index (χ0v) is 12.9. The molecule has 4 nitrogen and oxygen atoms in total. The van der Waals surface area contributed by atoms with Gasteiger partial charge in [-0.25, -0.2) is 4.98 Å². The molecule has 0 spiro atoms. The van der Waals surface area contributed by atoms with Crippen molar-refractivity contribution in [3.63, 3.8) is 0 Å². The first-order valence-corrected chi connectivity index (χ1v) is 8.12. The Hall–Kier alpha value is -1.72. The lowest BCUT2D eigenvalue weighted by Crippen LogP contribution is -2.39. The summed E-state index contributed by atoms with van der Waals surface area (Å²) < 4.78 is 0. The summed E-state index contributed by atoms with van der Waals surface area (Å²) in [6.07, 6.45) is 2.02. The minimum Gasteiger partial charge on any atom is -0.351 e. The highest BCUT2D eigenvalue weighted by Gasteiger charge is 2.21. The quantitative estimate of drug-likeness (QED) is 0.912. The Labute approximate surface area is 128 Å². The van der Waals surface area contributed by atoms with Crippen LogP contribution in [0.4, 0.5) is 0 Å². The van der Waals surface area contributed by atoms with E-state index in [0.717, 1.165) is 30.6 Å². The Morgan fingerprint density at radius 1 is 1.43 bits per heavy atom. The third-order valence-corrected chi connectivity index (χ3v) is 4.78. The summed E-state index contributed by atoms with van der Waals surface area (Å²) in [5.41, 5.74) is 5.23. The summed E-state index contributed by atoms with van der Waals surface area (Å²) in [7, 11) is 0. The van der Waals surface area contributed by atoms with E-state index in [-0.39, 0.29) is 11.9 Å². The molecule has 1 fully saturated rings. The molecular weight excluding hydrogens is 282 g/mol. The molecule has 21 heavy (non-hydrogen) atoms. The average molecular weight is 301 g/mol. The highest BCUT2D eigenvalue weighted by molar-refractivity contribution is 7.13. The van der Waals surface area contributed by atoms with Crippen LogP contribution < -0.4 is 10.6 Å². The molecule has 1 aliphatic rings. The fourth-order valence-corrected chi connectivity index (χ4v) is 3.39. The molecule has 0 radical (unpaired) electrons. The van der Waals surface area contributed by atoms with Gasteiger partial charge in [-0.15, -0.1) is 11.3 Å². The van der Waals surface area contributed by atoms with Crippen molar-refractivity contribution in [2.75, 3.05) is 6.54 Å². The van der Waals surface area contributed by atoms with Gasteiger partial charge in [0, 0.05) is 6.54 Å². The smallest absolute Gasteiger partial charge is 0.237 e. The van der Waals surface area contributed by atoms with Crippen LogP contribution in [0, 0.1) is 6.92 Å². The highest BCUT2D eigenvalue weighted by Crippen LogP contribution is 2.27. The fraction of sp³-hybridized carbons (Fsp3) is 0.375. The van der Waals surface area contributed by atoms with E-state index in [1.165, 1.54) is 10.4 Å². The maximum absolute atomic E-state index is 11.9. The van der Waals surface area contributed by atoms with Gasteiger partial charge in [0.2, 0.25) is 5.91 Å². The first-order chi connectivity index (χ1) is 10.2. The number of aryl methyl sites for hydroxylation is 1. The highest BCUT2D eigenvalue weighted by atomic mass is 32.1. The van der Waals surface area contributed by atoms with Gasteiger partial charge >= 0.3 is 0 Å². The van der Waals surface area contributed by atoms with Crippen LogP contribution in [0.1, 0.15) is 24.1 Å². The van der Waals surface area contributed by atoms with E-state index in [9.17, 15) is 4.79 Å². The number of benzene rings is 1. The number of nitrogens with one attached hydrogen (secondary N) is 2. The Bertz CT molecular complexity index is 615. The monoisotopic (exact) mass is 301 g/mol. The number of rotatable bonds is 4. The van der Waals surface area contributed by atoms with Crippen molar-refractivity contribution in [2.24, 2.45) is 0 Å². The number of aromatic nitrogens is 1. The maximum atomic E-state index is 11.9. The van der Waals surface area contributed by atoms with E-state index in [0.29, 0.717) is 6.54 Å². The van der Waals surface area contributed by atoms with Gasteiger partial charge in [0.15, 0.2) is 0 Å². The van der Waals surface area contributed by atoms with Crippen LogP contribution >= 0.6 is 11.3 Å². The fourth-order valence-electron chi connectivity index (χ4n) is 2.57. The Morgan fingerprint density at radius 2 is 2.24 bits per heavy atom. The molecular formula is C16H19N3OS. The molecule has 1 amide bonds. The van der Waals surface area contributed by atoms with Crippen molar-refractivity contribution >= 4 is 17.2 Å². The first kappa shape index (κ1) is 14.2. The van der Waals surface area contributed by atoms with Gasteiger partial charge < -0.3 is 10.6 Å². The molecule has 5 heteroatoms. The van der Waals surface area contributed by atoms with Gasteiger partial charge in [-0.3, -0.25) is 4.79 Å². The van der Waals surface area contributed by atoms with Gasteiger partial charge in [0.1, 0.15) is 0 Å². The third kappa shape index (κ3) is 3.31. The van der Waals surface area contributed by atoms with Gasteiger partial charge in [0.05, 0.1) is 22.1 Å². The van der Waals surface area contributed by atoms with Crippen molar-refractivity contribution in [1.82, 2.24) is 15.6 Å². The number of hydrogen-bond donors (Lipinski definition) is 2. The second kappa shape index (κ2) is 6.37. The second-order valence-corrected chi connectivity index (χ2v) is 6.19. The number of hydrogen-bond acceptors (Lipinski definition) is 4. The van der Waals surface area contributed by atoms with E-state index in [2.05, 4.69) is 39.9 Å². The summed E-state index contributed by atoms with van der Waals surface area (Å²) in [6, 6.07) is 8.31. The molecule has 1 unspecified atom stereocenters. The summed E-state index contributed by atoms with van der Waals surface area (Å²) in [4.78, 5) is 17.4. The van der Waals surface area contributed by atoms with Crippen LogP contribution in [0.25, 0.3) is 10.4 Å².